The van der Waals surface area contributed by atoms with Crippen LogP contribution in [-0.4, -0.2) is 96.7 Å². The molecule has 0 fully saturated rings. The van der Waals surface area contributed by atoms with Crippen molar-refractivity contribution in [2.75, 3.05) is 39.6 Å². The van der Waals surface area contributed by atoms with E-state index < -0.39 is 97.5 Å². The summed E-state index contributed by atoms with van der Waals surface area (Å²) >= 11 is 0. The third kappa shape index (κ3) is 64.9. The van der Waals surface area contributed by atoms with Crippen LogP contribution < -0.4 is 0 Å². The van der Waals surface area contributed by atoms with Gasteiger partial charge in [0.2, 0.25) is 0 Å². The van der Waals surface area contributed by atoms with Crippen LogP contribution in [0.5, 0.6) is 0 Å². The van der Waals surface area contributed by atoms with Crippen molar-refractivity contribution in [2.24, 2.45) is 17.8 Å². The number of hydrogen-bond acceptors (Lipinski definition) is 15. The average Bonchev–Trinajstić information content (AvgIpc) is 2.63. The molecule has 0 aliphatic heterocycles. The van der Waals surface area contributed by atoms with Gasteiger partial charge in [-0.2, -0.15) is 0 Å². The number of unbranched alkanes of at least 4 members (excludes halogenated alkanes) is 33. The molecule has 0 saturated heterocycles. The molecule has 0 saturated carbocycles. The Balaban J connectivity index is 5.30. The molecule has 0 spiro atoms. The number of rotatable bonds is 69. The highest BCUT2D eigenvalue weighted by Gasteiger charge is 2.30. The Hall–Kier alpha value is -2.46. The molecular formula is C73H138O17P2. The van der Waals surface area contributed by atoms with Crippen molar-refractivity contribution >= 4 is 39.5 Å². The third-order valence-corrected chi connectivity index (χ3v) is 18.5. The van der Waals surface area contributed by atoms with Crippen LogP contribution >= 0.6 is 15.6 Å². The first-order chi connectivity index (χ1) is 44.3. The van der Waals surface area contributed by atoms with Gasteiger partial charge in [-0.3, -0.25) is 37.3 Å². The summed E-state index contributed by atoms with van der Waals surface area (Å²) in [5, 5.41) is 10.6. The van der Waals surface area contributed by atoms with Gasteiger partial charge < -0.3 is 33.8 Å². The Labute approximate surface area is 561 Å². The Bertz CT molecular complexity index is 1900. The van der Waals surface area contributed by atoms with Crippen LogP contribution in [-0.2, 0) is 65.4 Å². The van der Waals surface area contributed by atoms with Crippen LogP contribution in [0.3, 0.4) is 0 Å². The third-order valence-electron chi connectivity index (χ3n) is 16.6. The fourth-order valence-corrected chi connectivity index (χ4v) is 12.1. The molecule has 542 valence electrons. The van der Waals surface area contributed by atoms with E-state index >= 15 is 0 Å². The zero-order valence-electron chi connectivity index (χ0n) is 59.5. The molecule has 0 rings (SSSR count). The summed E-state index contributed by atoms with van der Waals surface area (Å²) in [5.41, 5.74) is 0. The number of carbonyl (C=O) groups excluding carboxylic acids is 4. The van der Waals surface area contributed by atoms with E-state index in [1.807, 2.05) is 0 Å². The van der Waals surface area contributed by atoms with E-state index in [2.05, 4.69) is 72.8 Å². The van der Waals surface area contributed by atoms with Crippen molar-refractivity contribution in [3.63, 3.8) is 0 Å². The highest BCUT2D eigenvalue weighted by molar-refractivity contribution is 7.47. The van der Waals surface area contributed by atoms with Gasteiger partial charge in [0.1, 0.15) is 19.3 Å². The summed E-state index contributed by atoms with van der Waals surface area (Å²) in [5.74, 6) is 0.0908. The van der Waals surface area contributed by atoms with Gasteiger partial charge in [0.15, 0.2) is 12.2 Å². The summed E-state index contributed by atoms with van der Waals surface area (Å²) in [6.07, 6.45) is 50.8. The van der Waals surface area contributed by atoms with Gasteiger partial charge in [-0.25, -0.2) is 9.13 Å². The second-order valence-corrected chi connectivity index (χ2v) is 29.7. The summed E-state index contributed by atoms with van der Waals surface area (Å²) in [4.78, 5) is 72.6. The van der Waals surface area contributed by atoms with Gasteiger partial charge in [0.05, 0.1) is 26.4 Å². The summed E-state index contributed by atoms with van der Waals surface area (Å²) in [7, 11) is -9.92. The normalized spacial score (nSPS) is 14.6. The smallest absolute Gasteiger partial charge is 0.462 e. The maximum atomic E-state index is 13.0. The van der Waals surface area contributed by atoms with E-state index in [4.69, 9.17) is 37.0 Å². The van der Waals surface area contributed by atoms with Crippen LogP contribution in [0.2, 0.25) is 0 Å². The number of aliphatic hydroxyl groups excluding tert-OH is 1. The SMILES string of the molecule is CCCCCC/C=C\C=C/CCCCCCCC(=O)OC[C@H](COP(=O)(O)OCC(O)COP(=O)(O)OC[C@@H](COC(=O)CCCCCCCCCC(C)C)OC(=O)CCCCCCCCCCC(C)CC)OC(=O)CCCCCCCCCCCCCCC(C)C. The molecule has 4 unspecified atom stereocenters. The Morgan fingerprint density at radius 1 is 0.359 bits per heavy atom. The maximum Gasteiger partial charge on any atom is 0.472 e. The van der Waals surface area contributed by atoms with Crippen molar-refractivity contribution in [3.8, 4) is 0 Å². The molecule has 0 aliphatic carbocycles. The van der Waals surface area contributed by atoms with Crippen molar-refractivity contribution in [2.45, 2.75) is 362 Å². The van der Waals surface area contributed by atoms with E-state index in [-0.39, 0.29) is 25.7 Å². The largest absolute Gasteiger partial charge is 0.472 e. The minimum absolute atomic E-state index is 0.0994. The fourth-order valence-electron chi connectivity index (χ4n) is 10.5. The molecule has 0 radical (unpaired) electrons. The van der Waals surface area contributed by atoms with Crippen LogP contribution in [0, 0.1) is 17.8 Å². The first-order valence-electron chi connectivity index (χ1n) is 37.2. The number of carbonyl (C=O) groups is 4. The molecule has 0 aromatic rings. The van der Waals surface area contributed by atoms with E-state index in [9.17, 15) is 43.2 Å². The van der Waals surface area contributed by atoms with Crippen molar-refractivity contribution in [1.82, 2.24) is 0 Å². The molecule has 17 nitrogen and oxygen atoms in total. The lowest BCUT2D eigenvalue weighted by molar-refractivity contribution is -0.161. The Morgan fingerprint density at radius 3 is 0.967 bits per heavy atom. The molecule has 0 aliphatic rings. The highest BCUT2D eigenvalue weighted by atomic mass is 31.2. The van der Waals surface area contributed by atoms with Crippen LogP contribution in [0.15, 0.2) is 24.3 Å². The number of phosphoric acid groups is 2. The summed E-state index contributed by atoms with van der Waals surface area (Å²) in [6.45, 7) is 11.8. The van der Waals surface area contributed by atoms with Crippen LogP contribution in [0.1, 0.15) is 344 Å². The lowest BCUT2D eigenvalue weighted by Gasteiger charge is -2.21. The van der Waals surface area contributed by atoms with Gasteiger partial charge in [-0.1, -0.05) is 291 Å². The highest BCUT2D eigenvalue weighted by Crippen LogP contribution is 2.45. The number of allylic oxidation sites excluding steroid dienone is 4. The molecular weight excluding hydrogens is 1210 g/mol. The Morgan fingerprint density at radius 2 is 0.641 bits per heavy atom. The number of esters is 4. The van der Waals surface area contributed by atoms with E-state index in [0.717, 1.165) is 127 Å². The summed E-state index contributed by atoms with van der Waals surface area (Å²) < 4.78 is 68.3. The predicted octanol–water partition coefficient (Wildman–Crippen LogP) is 20.6. The van der Waals surface area contributed by atoms with Crippen LogP contribution in [0.25, 0.3) is 0 Å². The van der Waals surface area contributed by atoms with Gasteiger partial charge in [0, 0.05) is 25.7 Å². The zero-order valence-corrected chi connectivity index (χ0v) is 61.3. The van der Waals surface area contributed by atoms with Gasteiger partial charge in [-0.05, 0) is 69.1 Å². The monoisotopic (exact) mass is 1350 g/mol. The first-order valence-corrected chi connectivity index (χ1v) is 40.2. The number of phosphoric ester groups is 2. The molecule has 3 N–H and O–H groups in total. The second-order valence-electron chi connectivity index (χ2n) is 26.8. The molecule has 0 heterocycles. The van der Waals surface area contributed by atoms with Crippen molar-refractivity contribution in [3.05, 3.63) is 24.3 Å². The number of aliphatic hydroxyl groups is 1. The Kier molecular flexibility index (Phi) is 61.6. The molecule has 0 bridgehead atoms. The van der Waals surface area contributed by atoms with E-state index in [1.54, 1.807) is 0 Å². The lowest BCUT2D eigenvalue weighted by atomic mass is 9.99. The number of ether oxygens (including phenoxy) is 4. The molecule has 0 amide bonds. The van der Waals surface area contributed by atoms with Gasteiger partial charge >= 0.3 is 39.5 Å². The number of hydrogen-bond donors (Lipinski definition) is 3. The molecule has 0 aromatic carbocycles. The van der Waals surface area contributed by atoms with Gasteiger partial charge in [-0.15, -0.1) is 0 Å². The average molecular weight is 1350 g/mol. The topological polar surface area (TPSA) is 237 Å². The van der Waals surface area contributed by atoms with Crippen molar-refractivity contribution < 1.29 is 80.2 Å². The fraction of sp³-hybridized carbons (Fsp3) is 0.890. The van der Waals surface area contributed by atoms with Gasteiger partial charge in [0.25, 0.3) is 0 Å². The van der Waals surface area contributed by atoms with Crippen LogP contribution in [0.4, 0.5) is 0 Å². The molecule has 6 atom stereocenters. The standard InChI is InChI=1S/C73H138O17P2/c1-8-10-11-12-13-14-15-16-17-18-22-25-33-40-47-54-70(75)83-60-68(89-72(77)56-49-42-34-26-23-20-19-21-24-30-37-44-51-64(3)4)62-87-91(79,80)85-58-67(74)59-86-92(81,82)88-63-69(61-84-71(76)55-48-41-36-29-31-38-45-52-65(5)6)90-73(78)57-50-43-35-28-27-32-39-46-53-66(7)9-2/h14-17,64-69,74H,8-13,18-63H2,1-7H3,(H,79,80)(H,81,82)/b15-14-,17-16-/t66?,67?,68-,69-/m1/s1. The predicted molar refractivity (Wildman–Crippen MR) is 372 cm³/mol. The summed E-state index contributed by atoms with van der Waals surface area (Å²) in [6, 6.07) is 0. The molecule has 0 aromatic heterocycles. The first kappa shape index (κ1) is 89.5. The van der Waals surface area contributed by atoms with Crippen molar-refractivity contribution in [1.29, 1.82) is 0 Å². The minimum Gasteiger partial charge on any atom is -0.462 e. The lowest BCUT2D eigenvalue weighted by Crippen LogP contribution is -2.30. The maximum absolute atomic E-state index is 13.0. The van der Waals surface area contributed by atoms with E-state index in [1.165, 1.54) is 128 Å². The molecule has 92 heavy (non-hydrogen) atoms. The van der Waals surface area contributed by atoms with E-state index in [0.29, 0.717) is 31.6 Å². The molecule has 19 heteroatoms. The second kappa shape index (κ2) is 63.3. The zero-order chi connectivity index (χ0) is 68.0. The quantitative estimate of drug-likeness (QED) is 0.0169. The minimum atomic E-state index is -4.96.